The zero-order valence-electron chi connectivity index (χ0n) is 16.7. The van der Waals surface area contributed by atoms with E-state index in [1.165, 1.54) is 0 Å². The molecule has 2 heterocycles. The van der Waals surface area contributed by atoms with Crippen LogP contribution in [0.15, 0.2) is 42.7 Å². The third kappa shape index (κ3) is 4.69. The summed E-state index contributed by atoms with van der Waals surface area (Å²) in [6.45, 7) is 0.147. The minimum absolute atomic E-state index is 0.0856. The molecule has 9 nitrogen and oxygen atoms in total. The van der Waals surface area contributed by atoms with E-state index in [2.05, 4.69) is 26.0 Å². The Morgan fingerprint density at radius 3 is 2.70 bits per heavy atom. The number of hydrogen-bond donors (Lipinski definition) is 5. The van der Waals surface area contributed by atoms with Crippen molar-refractivity contribution < 1.29 is 9.90 Å². The van der Waals surface area contributed by atoms with Gasteiger partial charge in [0, 0.05) is 48.3 Å². The number of imidazole rings is 1. The summed E-state index contributed by atoms with van der Waals surface area (Å²) in [5.41, 5.74) is 8.92. The van der Waals surface area contributed by atoms with Gasteiger partial charge < -0.3 is 26.8 Å². The molecule has 1 aliphatic carbocycles. The van der Waals surface area contributed by atoms with Crippen LogP contribution in [0.1, 0.15) is 36.0 Å². The van der Waals surface area contributed by atoms with Gasteiger partial charge >= 0.3 is 0 Å². The molecule has 0 radical (unpaired) electrons. The van der Waals surface area contributed by atoms with Crippen molar-refractivity contribution in [2.45, 2.75) is 37.8 Å². The monoisotopic (exact) mass is 409 g/mol. The van der Waals surface area contributed by atoms with Gasteiger partial charge in [-0.15, -0.1) is 5.10 Å². The zero-order chi connectivity index (χ0) is 20.9. The van der Waals surface area contributed by atoms with Crippen LogP contribution >= 0.6 is 0 Å². The normalized spacial score (nSPS) is 18.9. The third-order valence-electron chi connectivity index (χ3n) is 5.31. The van der Waals surface area contributed by atoms with E-state index < -0.39 is 0 Å². The number of carbonyl (C=O) groups excluding carboxylic acids is 1. The van der Waals surface area contributed by atoms with Gasteiger partial charge in [-0.25, -0.2) is 9.50 Å². The number of benzene rings is 1. The first kappa shape index (κ1) is 20.1. The Morgan fingerprint density at radius 2 is 1.97 bits per heavy atom. The van der Waals surface area contributed by atoms with Crippen LogP contribution in [-0.4, -0.2) is 50.8 Å². The third-order valence-corrected chi connectivity index (χ3v) is 5.31. The lowest BCUT2D eigenvalue weighted by Crippen LogP contribution is -2.33. The van der Waals surface area contributed by atoms with Gasteiger partial charge in [-0.05, 0) is 49.9 Å². The quantitative estimate of drug-likeness (QED) is 0.403. The van der Waals surface area contributed by atoms with Crippen LogP contribution in [0, 0.1) is 0 Å². The zero-order valence-corrected chi connectivity index (χ0v) is 16.7. The van der Waals surface area contributed by atoms with E-state index in [4.69, 9.17) is 10.8 Å². The van der Waals surface area contributed by atoms with E-state index in [0.717, 1.165) is 48.5 Å². The summed E-state index contributed by atoms with van der Waals surface area (Å²) in [6, 6.07) is 9.78. The number of nitrogens with zero attached hydrogens (tertiary/aromatic N) is 3. The fraction of sp³-hybridized carbons (Fsp3) is 0.381. The smallest absolute Gasteiger partial charge is 0.251 e. The number of amides is 1. The lowest BCUT2D eigenvalue weighted by molar-refractivity contribution is 0.0945. The maximum Gasteiger partial charge on any atom is 0.251 e. The maximum atomic E-state index is 12.0. The van der Waals surface area contributed by atoms with Crippen LogP contribution < -0.4 is 21.7 Å². The second kappa shape index (κ2) is 9.10. The molecule has 1 aliphatic rings. The molecule has 158 valence electrons. The number of aliphatic hydroxyl groups excluding tert-OH is 1. The molecule has 0 spiro atoms. The van der Waals surface area contributed by atoms with Gasteiger partial charge in [0.15, 0.2) is 5.65 Å². The van der Waals surface area contributed by atoms with Crippen LogP contribution in [0.4, 0.5) is 17.2 Å². The van der Waals surface area contributed by atoms with Crippen LogP contribution in [0.3, 0.4) is 0 Å². The molecule has 1 aromatic carbocycles. The Morgan fingerprint density at radius 1 is 1.20 bits per heavy atom. The molecule has 4 rings (SSSR count). The summed E-state index contributed by atoms with van der Waals surface area (Å²) in [7, 11) is 0. The van der Waals surface area contributed by atoms with Crippen molar-refractivity contribution in [3.63, 3.8) is 0 Å². The Bertz CT molecular complexity index is 994. The summed E-state index contributed by atoms with van der Waals surface area (Å²) in [5.74, 6) is 0.567. The highest BCUT2D eigenvalue weighted by Crippen LogP contribution is 2.26. The average molecular weight is 409 g/mol. The first-order valence-electron chi connectivity index (χ1n) is 10.2. The van der Waals surface area contributed by atoms with Gasteiger partial charge in [-0.2, -0.15) is 0 Å². The highest BCUT2D eigenvalue weighted by Gasteiger charge is 2.19. The topological polar surface area (TPSA) is 130 Å². The highest BCUT2D eigenvalue weighted by atomic mass is 16.3. The summed E-state index contributed by atoms with van der Waals surface area (Å²) in [6.07, 6.45) is 7.64. The van der Waals surface area contributed by atoms with Crippen LogP contribution in [0.5, 0.6) is 0 Å². The SMILES string of the molecule is NC1CCC(Nc2cc(Nc3ccc(C(=O)NCCO)cc3)c3nccn3n2)CC1. The molecular weight excluding hydrogens is 382 g/mol. The second-order valence-corrected chi connectivity index (χ2v) is 7.58. The van der Waals surface area contributed by atoms with Gasteiger partial charge in [-0.1, -0.05) is 0 Å². The predicted molar refractivity (Wildman–Crippen MR) is 116 cm³/mol. The van der Waals surface area contributed by atoms with Crippen molar-refractivity contribution in [3.05, 3.63) is 48.3 Å². The molecule has 30 heavy (non-hydrogen) atoms. The van der Waals surface area contributed by atoms with Gasteiger partial charge in [0.1, 0.15) is 5.82 Å². The number of aromatic nitrogens is 3. The minimum atomic E-state index is -0.214. The van der Waals surface area contributed by atoms with Crippen molar-refractivity contribution in [3.8, 4) is 0 Å². The fourth-order valence-electron chi connectivity index (χ4n) is 3.68. The van der Waals surface area contributed by atoms with Crippen LogP contribution in [0.2, 0.25) is 0 Å². The van der Waals surface area contributed by atoms with Crippen LogP contribution in [-0.2, 0) is 0 Å². The molecule has 2 aromatic heterocycles. The molecule has 3 aromatic rings. The summed E-state index contributed by atoms with van der Waals surface area (Å²) < 4.78 is 1.75. The first-order valence-corrected chi connectivity index (χ1v) is 10.2. The van der Waals surface area contributed by atoms with Crippen LogP contribution in [0.25, 0.3) is 5.65 Å². The lowest BCUT2D eigenvalue weighted by atomic mass is 9.92. The van der Waals surface area contributed by atoms with E-state index in [9.17, 15) is 4.79 Å². The number of rotatable bonds is 7. The lowest BCUT2D eigenvalue weighted by Gasteiger charge is -2.27. The number of carbonyl (C=O) groups is 1. The summed E-state index contributed by atoms with van der Waals surface area (Å²) in [5, 5.41) is 23.0. The largest absolute Gasteiger partial charge is 0.395 e. The van der Waals surface area contributed by atoms with Crippen molar-refractivity contribution in [2.24, 2.45) is 5.73 Å². The number of nitrogens with two attached hydrogens (primary N) is 1. The number of fused-ring (bicyclic) bond motifs is 1. The van der Waals surface area contributed by atoms with E-state index >= 15 is 0 Å². The minimum Gasteiger partial charge on any atom is -0.395 e. The molecule has 0 atom stereocenters. The second-order valence-electron chi connectivity index (χ2n) is 7.58. The Hall–Kier alpha value is -3.17. The van der Waals surface area contributed by atoms with Crippen molar-refractivity contribution in [1.82, 2.24) is 19.9 Å². The van der Waals surface area contributed by atoms with E-state index in [1.54, 1.807) is 22.8 Å². The molecule has 1 fully saturated rings. The Labute approximate surface area is 174 Å². The van der Waals surface area contributed by atoms with Gasteiger partial charge in [-0.3, -0.25) is 4.79 Å². The molecule has 1 saturated carbocycles. The number of aliphatic hydroxyl groups is 1. The van der Waals surface area contributed by atoms with Gasteiger partial charge in [0.05, 0.1) is 12.3 Å². The van der Waals surface area contributed by atoms with Crippen molar-refractivity contribution in [2.75, 3.05) is 23.8 Å². The highest BCUT2D eigenvalue weighted by molar-refractivity contribution is 5.94. The van der Waals surface area contributed by atoms with Crippen molar-refractivity contribution in [1.29, 1.82) is 0 Å². The molecule has 0 saturated heterocycles. The molecule has 6 N–H and O–H groups in total. The number of hydrogen-bond acceptors (Lipinski definition) is 7. The standard InChI is InChI=1S/C21H27N7O2/c22-15-3-7-17(8-4-15)26-19-13-18(20-23-9-11-28(20)27-19)25-16-5-1-14(2-6-16)21(30)24-10-12-29/h1-2,5-6,9,11,13,15,17,25,29H,3-4,7-8,10,12,22H2,(H,24,30)(H,26,27). The predicted octanol–water partition coefficient (Wildman–Crippen LogP) is 1.88. The molecular formula is C21H27N7O2. The number of anilines is 3. The molecule has 1 amide bonds. The summed E-state index contributed by atoms with van der Waals surface area (Å²) >= 11 is 0. The molecule has 0 aliphatic heterocycles. The fourth-order valence-corrected chi connectivity index (χ4v) is 3.68. The van der Waals surface area contributed by atoms with Gasteiger partial charge in [0.25, 0.3) is 5.91 Å². The Kier molecular flexibility index (Phi) is 6.10. The van der Waals surface area contributed by atoms with E-state index in [1.807, 2.05) is 24.4 Å². The Balaban J connectivity index is 1.50. The van der Waals surface area contributed by atoms with E-state index in [-0.39, 0.29) is 19.1 Å². The van der Waals surface area contributed by atoms with Gasteiger partial charge in [0.2, 0.25) is 0 Å². The summed E-state index contributed by atoms with van der Waals surface area (Å²) in [4.78, 5) is 16.4. The molecule has 9 heteroatoms. The maximum absolute atomic E-state index is 12.0. The number of nitrogens with one attached hydrogen (secondary N) is 3. The molecule has 0 unspecified atom stereocenters. The van der Waals surface area contributed by atoms with E-state index in [0.29, 0.717) is 17.6 Å². The van der Waals surface area contributed by atoms with Crippen molar-refractivity contribution >= 4 is 28.7 Å². The first-order chi connectivity index (χ1) is 14.6. The average Bonchev–Trinajstić information content (AvgIpc) is 3.23. The molecule has 0 bridgehead atoms.